The summed E-state index contributed by atoms with van der Waals surface area (Å²) in [6.45, 7) is 4.45. The van der Waals surface area contributed by atoms with E-state index < -0.39 is 0 Å². The van der Waals surface area contributed by atoms with E-state index in [1.807, 2.05) is 37.3 Å². The number of Topliss-reactive ketones (excluding diaryl/α,β-unsaturated/α-hetero) is 1. The second kappa shape index (κ2) is 15.1. The van der Waals surface area contributed by atoms with Crippen LogP contribution in [0.3, 0.4) is 0 Å². The van der Waals surface area contributed by atoms with Gasteiger partial charge in [-0.15, -0.1) is 0 Å². The first-order chi connectivity index (χ1) is 13.6. The van der Waals surface area contributed by atoms with Crippen molar-refractivity contribution < 1.29 is 23.8 Å². The van der Waals surface area contributed by atoms with Gasteiger partial charge in [0, 0.05) is 25.9 Å². The third-order valence-corrected chi connectivity index (χ3v) is 4.89. The van der Waals surface area contributed by atoms with E-state index in [1.165, 1.54) is 0 Å². The van der Waals surface area contributed by atoms with Crippen LogP contribution in [0.4, 0.5) is 0 Å². The van der Waals surface area contributed by atoms with Crippen LogP contribution in [0.15, 0.2) is 30.3 Å². The van der Waals surface area contributed by atoms with Crippen molar-refractivity contribution in [3.63, 3.8) is 0 Å². The fourth-order valence-electron chi connectivity index (χ4n) is 3.34. The molecule has 2 unspecified atom stereocenters. The molecular formula is C23H36O5. The first-order valence-electron chi connectivity index (χ1n) is 10.4. The Labute approximate surface area is 169 Å². The molecule has 1 rings (SSSR count). The minimum absolute atomic E-state index is 0.0936. The van der Waals surface area contributed by atoms with Crippen LogP contribution in [-0.4, -0.2) is 38.2 Å². The van der Waals surface area contributed by atoms with Gasteiger partial charge in [-0.25, -0.2) is 0 Å². The van der Waals surface area contributed by atoms with Crippen LogP contribution in [0.1, 0.15) is 65.2 Å². The number of rotatable bonds is 16. The van der Waals surface area contributed by atoms with Crippen LogP contribution in [0.25, 0.3) is 0 Å². The first-order valence-corrected chi connectivity index (χ1v) is 10.4. The summed E-state index contributed by atoms with van der Waals surface area (Å²) in [7, 11) is 1.67. The smallest absolute Gasteiger partial charge is 0.305 e. The predicted molar refractivity (Wildman–Crippen MR) is 110 cm³/mol. The quantitative estimate of drug-likeness (QED) is 0.294. The van der Waals surface area contributed by atoms with Gasteiger partial charge in [-0.1, -0.05) is 43.9 Å². The van der Waals surface area contributed by atoms with Gasteiger partial charge in [-0.2, -0.15) is 0 Å². The van der Waals surface area contributed by atoms with Gasteiger partial charge in [0.2, 0.25) is 0 Å². The highest BCUT2D eigenvalue weighted by Gasteiger charge is 2.25. The van der Waals surface area contributed by atoms with E-state index in [0.717, 1.165) is 44.3 Å². The molecule has 1 aromatic rings. The summed E-state index contributed by atoms with van der Waals surface area (Å²) >= 11 is 0. The third kappa shape index (κ3) is 10.5. The predicted octanol–water partition coefficient (Wildman–Crippen LogP) is 4.97. The van der Waals surface area contributed by atoms with E-state index in [4.69, 9.17) is 14.2 Å². The Hall–Kier alpha value is -1.88. The van der Waals surface area contributed by atoms with Gasteiger partial charge in [0.05, 0.1) is 19.3 Å². The van der Waals surface area contributed by atoms with Gasteiger partial charge in [0.1, 0.15) is 11.5 Å². The van der Waals surface area contributed by atoms with E-state index in [0.29, 0.717) is 26.1 Å². The highest BCUT2D eigenvalue weighted by molar-refractivity contribution is 5.78. The van der Waals surface area contributed by atoms with Crippen molar-refractivity contribution in [1.82, 2.24) is 0 Å². The Balaban J connectivity index is 2.25. The zero-order chi connectivity index (χ0) is 20.6. The van der Waals surface area contributed by atoms with Gasteiger partial charge >= 0.3 is 5.97 Å². The first kappa shape index (κ1) is 24.2. The molecule has 0 spiro atoms. The van der Waals surface area contributed by atoms with E-state index in [2.05, 4.69) is 0 Å². The number of unbranched alkanes of at least 4 members (excludes halogenated alkanes) is 4. The molecule has 5 heteroatoms. The molecule has 0 fully saturated rings. The maximum absolute atomic E-state index is 12.1. The number of carbonyl (C=O) groups excluding carboxylic acids is 2. The van der Waals surface area contributed by atoms with E-state index in [1.54, 1.807) is 14.0 Å². The molecule has 28 heavy (non-hydrogen) atoms. The fraction of sp³-hybridized carbons (Fsp3) is 0.652. The van der Waals surface area contributed by atoms with E-state index in [-0.39, 0.29) is 23.8 Å². The molecule has 1 aromatic carbocycles. The summed E-state index contributed by atoms with van der Waals surface area (Å²) < 4.78 is 16.3. The Morgan fingerprint density at radius 1 is 0.964 bits per heavy atom. The molecule has 0 bridgehead atoms. The van der Waals surface area contributed by atoms with Crippen LogP contribution < -0.4 is 4.74 Å². The second-order valence-corrected chi connectivity index (χ2v) is 7.05. The lowest BCUT2D eigenvalue weighted by atomic mass is 9.90. The number of ketones is 1. The van der Waals surface area contributed by atoms with Gasteiger partial charge in [0.15, 0.2) is 0 Å². The lowest BCUT2D eigenvalue weighted by Gasteiger charge is -2.24. The van der Waals surface area contributed by atoms with E-state index >= 15 is 0 Å². The molecule has 0 aliphatic heterocycles. The van der Waals surface area contributed by atoms with Crippen LogP contribution in [0.2, 0.25) is 0 Å². The number of hydrogen-bond donors (Lipinski definition) is 0. The number of hydrogen-bond acceptors (Lipinski definition) is 5. The molecule has 158 valence electrons. The molecule has 0 saturated heterocycles. The average molecular weight is 393 g/mol. The normalized spacial score (nSPS) is 13.0. The summed E-state index contributed by atoms with van der Waals surface area (Å²) in [5.41, 5.74) is 0. The average Bonchev–Trinajstić information content (AvgIpc) is 2.69. The molecular weight excluding hydrogens is 356 g/mol. The molecule has 5 nitrogen and oxygen atoms in total. The SMILES string of the molecule is CCOC(=O)CCCCCCCC(C(C)=O)C(CCOc1ccccc1)OC. The summed E-state index contributed by atoms with van der Waals surface area (Å²) in [6, 6.07) is 9.67. The third-order valence-electron chi connectivity index (χ3n) is 4.89. The van der Waals surface area contributed by atoms with Gasteiger partial charge < -0.3 is 14.2 Å². The van der Waals surface area contributed by atoms with Gasteiger partial charge in [-0.3, -0.25) is 9.59 Å². The van der Waals surface area contributed by atoms with E-state index in [9.17, 15) is 9.59 Å². The minimum Gasteiger partial charge on any atom is -0.493 e. The number of benzene rings is 1. The minimum atomic E-state index is -0.120. The number of esters is 1. The Kier molecular flexibility index (Phi) is 13.0. The fourth-order valence-corrected chi connectivity index (χ4v) is 3.34. The molecule has 0 heterocycles. The maximum Gasteiger partial charge on any atom is 0.305 e. The van der Waals surface area contributed by atoms with Crippen LogP contribution >= 0.6 is 0 Å². The van der Waals surface area contributed by atoms with Crippen LogP contribution in [0, 0.1) is 5.92 Å². The number of ether oxygens (including phenoxy) is 3. The highest BCUT2D eigenvalue weighted by Crippen LogP contribution is 2.21. The van der Waals surface area contributed by atoms with Gasteiger partial charge in [-0.05, 0) is 38.8 Å². The lowest BCUT2D eigenvalue weighted by molar-refractivity contribution is -0.143. The van der Waals surface area contributed by atoms with Crippen molar-refractivity contribution in [3.05, 3.63) is 30.3 Å². The topological polar surface area (TPSA) is 61.8 Å². The summed E-state index contributed by atoms with van der Waals surface area (Å²) in [5.74, 6) is 0.803. The lowest BCUT2D eigenvalue weighted by Crippen LogP contribution is -2.30. The van der Waals surface area contributed by atoms with Crippen molar-refractivity contribution >= 4 is 11.8 Å². The largest absolute Gasteiger partial charge is 0.493 e. The Morgan fingerprint density at radius 3 is 2.29 bits per heavy atom. The molecule has 2 atom stereocenters. The summed E-state index contributed by atoms with van der Waals surface area (Å²) in [6.07, 6.45) is 6.90. The van der Waals surface area contributed by atoms with Crippen molar-refractivity contribution in [3.8, 4) is 5.75 Å². The van der Waals surface area contributed by atoms with Crippen molar-refractivity contribution in [2.24, 2.45) is 5.92 Å². The maximum atomic E-state index is 12.1. The summed E-state index contributed by atoms with van der Waals surface area (Å²) in [4.78, 5) is 23.4. The molecule has 0 radical (unpaired) electrons. The molecule has 0 aliphatic rings. The molecule has 0 saturated carbocycles. The molecule has 0 aromatic heterocycles. The second-order valence-electron chi connectivity index (χ2n) is 7.05. The zero-order valence-electron chi connectivity index (χ0n) is 17.7. The Bertz CT molecular complexity index is 543. The van der Waals surface area contributed by atoms with Crippen LogP contribution in [0.5, 0.6) is 5.75 Å². The molecule has 0 N–H and O–H groups in total. The highest BCUT2D eigenvalue weighted by atomic mass is 16.5. The van der Waals surface area contributed by atoms with Crippen LogP contribution in [-0.2, 0) is 19.1 Å². The van der Waals surface area contributed by atoms with Crippen molar-refractivity contribution in [1.29, 1.82) is 0 Å². The standard InChI is InChI=1S/C23H36O5/c1-4-27-23(25)16-12-7-5-6-11-15-21(19(2)24)22(26-3)17-18-28-20-13-9-8-10-14-20/h8-10,13-14,21-22H,4-7,11-12,15-18H2,1-3H3. The van der Waals surface area contributed by atoms with Gasteiger partial charge in [0.25, 0.3) is 0 Å². The Morgan fingerprint density at radius 2 is 1.64 bits per heavy atom. The van der Waals surface area contributed by atoms with Crippen molar-refractivity contribution in [2.75, 3.05) is 20.3 Å². The molecule has 0 amide bonds. The summed E-state index contributed by atoms with van der Waals surface area (Å²) in [5, 5.41) is 0. The number of methoxy groups -OCH3 is 1. The zero-order valence-corrected chi connectivity index (χ0v) is 17.7. The van der Waals surface area contributed by atoms with Crippen molar-refractivity contribution in [2.45, 2.75) is 71.3 Å². The number of carbonyl (C=O) groups is 2. The number of para-hydroxylation sites is 1. The monoisotopic (exact) mass is 392 g/mol. The molecule has 0 aliphatic carbocycles.